The fourth-order valence-corrected chi connectivity index (χ4v) is 8.94. The molecule has 0 N–H and O–H groups in total. The van der Waals surface area contributed by atoms with Gasteiger partial charge < -0.3 is 0 Å². The van der Waals surface area contributed by atoms with Gasteiger partial charge in [-0.25, -0.2) is 19.8 Å². The van der Waals surface area contributed by atoms with Gasteiger partial charge in [0.15, 0.2) is 23.2 Å². The lowest BCUT2D eigenvalue weighted by atomic mass is 9.67. The van der Waals surface area contributed by atoms with Gasteiger partial charge in [-0.05, 0) is 92.7 Å². The van der Waals surface area contributed by atoms with Gasteiger partial charge in [-0.2, -0.15) is 0 Å². The average molecular weight is 719 g/mol. The third kappa shape index (κ3) is 5.99. The molecular formula is C52H38N4. The zero-order chi connectivity index (χ0) is 37.5. The summed E-state index contributed by atoms with van der Waals surface area (Å²) in [6.45, 7) is 7.65. The Morgan fingerprint density at radius 2 is 0.839 bits per heavy atom. The minimum atomic E-state index is 0.0405. The second kappa shape index (κ2) is 14.0. The summed E-state index contributed by atoms with van der Waals surface area (Å²) >= 11 is 0. The molecule has 0 amide bonds. The highest BCUT2D eigenvalue weighted by molar-refractivity contribution is 5.87. The van der Waals surface area contributed by atoms with Gasteiger partial charge in [0.05, 0.1) is 6.57 Å². The van der Waals surface area contributed by atoms with Gasteiger partial charge in [-0.3, -0.25) is 0 Å². The van der Waals surface area contributed by atoms with Gasteiger partial charge in [-0.15, -0.1) is 0 Å². The Labute approximate surface area is 328 Å². The number of rotatable bonds is 6. The summed E-state index contributed by atoms with van der Waals surface area (Å²) in [5.41, 5.74) is 16.1. The minimum Gasteiger partial charge on any atom is -0.238 e. The molecule has 0 radical (unpaired) electrons. The Morgan fingerprint density at radius 3 is 1.39 bits per heavy atom. The molecule has 0 atom stereocenters. The second-order valence-electron chi connectivity index (χ2n) is 15.0. The topological polar surface area (TPSA) is 43.0 Å². The van der Waals surface area contributed by atoms with Crippen molar-refractivity contribution in [1.82, 2.24) is 15.0 Å². The molecule has 1 fully saturated rings. The van der Waals surface area contributed by atoms with Gasteiger partial charge in [0.1, 0.15) is 0 Å². The van der Waals surface area contributed by atoms with Crippen molar-refractivity contribution >= 4 is 5.69 Å². The molecule has 266 valence electrons. The van der Waals surface area contributed by atoms with Crippen LogP contribution in [-0.4, -0.2) is 15.0 Å². The van der Waals surface area contributed by atoms with Crippen molar-refractivity contribution in [1.29, 1.82) is 0 Å². The van der Waals surface area contributed by atoms with E-state index in [2.05, 4.69) is 108 Å². The van der Waals surface area contributed by atoms with E-state index < -0.39 is 0 Å². The number of hydrogen-bond donors (Lipinski definition) is 0. The highest BCUT2D eigenvalue weighted by Crippen LogP contribution is 2.57. The van der Waals surface area contributed by atoms with Crippen LogP contribution in [0.4, 0.5) is 5.69 Å². The van der Waals surface area contributed by atoms with Gasteiger partial charge in [0.2, 0.25) is 0 Å². The lowest BCUT2D eigenvalue weighted by molar-refractivity contribution is 0.353. The Bertz CT molecular complexity index is 2720. The fourth-order valence-electron chi connectivity index (χ4n) is 8.94. The average Bonchev–Trinajstić information content (AvgIpc) is 3.54. The molecular weight excluding hydrogens is 681 g/mol. The lowest BCUT2D eigenvalue weighted by Gasteiger charge is -2.36. The van der Waals surface area contributed by atoms with E-state index in [0.717, 1.165) is 33.5 Å². The van der Waals surface area contributed by atoms with Crippen LogP contribution in [0.3, 0.4) is 0 Å². The smallest absolute Gasteiger partial charge is 0.187 e. The number of aromatic nitrogens is 3. The van der Waals surface area contributed by atoms with Gasteiger partial charge in [0, 0.05) is 22.1 Å². The molecule has 8 aromatic rings. The third-order valence-electron chi connectivity index (χ3n) is 11.7. The van der Waals surface area contributed by atoms with Crippen molar-refractivity contribution in [3.63, 3.8) is 0 Å². The summed E-state index contributed by atoms with van der Waals surface area (Å²) in [6, 6.07) is 59.8. The van der Waals surface area contributed by atoms with E-state index in [4.69, 9.17) is 21.5 Å². The van der Waals surface area contributed by atoms with Gasteiger partial charge in [-0.1, -0.05) is 165 Å². The molecule has 0 unspecified atom stereocenters. The van der Waals surface area contributed by atoms with E-state index in [0.29, 0.717) is 17.5 Å². The van der Waals surface area contributed by atoms with E-state index in [9.17, 15) is 0 Å². The van der Waals surface area contributed by atoms with Gasteiger partial charge >= 0.3 is 0 Å². The minimum absolute atomic E-state index is 0.0405. The van der Waals surface area contributed by atoms with Crippen LogP contribution >= 0.6 is 0 Å². The van der Waals surface area contributed by atoms with Crippen molar-refractivity contribution in [3.05, 3.63) is 192 Å². The standard InChI is InChI=1S/C52H38N4/c1-53-44-26-28-47-46(34-44)45-27-25-43(33-48(45)52(47)29-9-4-10-30-52)42-20-12-19-41(32-42)40-18-11-17-39(31-40)35-21-23-38(24-22-35)51-55-49(36-13-5-2-6-14-36)54-50(56-51)37-15-7-3-8-16-37/h2-3,5-8,11-28,31-34H,4,9-10,29-30H2. The first-order valence-electron chi connectivity index (χ1n) is 19.5. The molecule has 1 saturated carbocycles. The second-order valence-corrected chi connectivity index (χ2v) is 15.0. The highest BCUT2D eigenvalue weighted by Gasteiger charge is 2.43. The highest BCUT2D eigenvalue weighted by atomic mass is 15.0. The molecule has 1 spiro atoms. The van der Waals surface area contributed by atoms with Crippen LogP contribution in [-0.2, 0) is 5.41 Å². The van der Waals surface area contributed by atoms with Gasteiger partial charge in [0.25, 0.3) is 0 Å². The molecule has 56 heavy (non-hydrogen) atoms. The quantitative estimate of drug-likeness (QED) is 0.161. The van der Waals surface area contributed by atoms with Crippen molar-refractivity contribution in [2.24, 2.45) is 0 Å². The maximum absolute atomic E-state index is 7.65. The van der Waals surface area contributed by atoms with Crippen molar-refractivity contribution in [3.8, 4) is 78.7 Å². The molecule has 2 aliphatic carbocycles. The SMILES string of the molecule is [C-]#[N+]c1ccc2c(c1)-c1ccc(-c3cccc(-c4cccc(-c5ccc(-c6nc(-c7ccccc7)nc(-c7ccccc7)n6)cc5)c4)c3)cc1C21CCCCC1. The number of nitrogens with zero attached hydrogens (tertiary/aromatic N) is 4. The fraction of sp³-hybridized carbons (Fsp3) is 0.115. The summed E-state index contributed by atoms with van der Waals surface area (Å²) in [7, 11) is 0. The Hall–Kier alpha value is -6.96. The van der Waals surface area contributed by atoms with Crippen LogP contribution in [0.5, 0.6) is 0 Å². The van der Waals surface area contributed by atoms with E-state index in [-0.39, 0.29) is 5.41 Å². The molecule has 0 bridgehead atoms. The zero-order valence-electron chi connectivity index (χ0n) is 31.0. The molecule has 10 rings (SSSR count). The third-order valence-corrected chi connectivity index (χ3v) is 11.7. The summed E-state index contributed by atoms with van der Waals surface area (Å²) in [5.74, 6) is 1.96. The summed E-state index contributed by atoms with van der Waals surface area (Å²) < 4.78 is 0. The van der Waals surface area contributed by atoms with Crippen LogP contribution in [0.1, 0.15) is 43.2 Å². The summed E-state index contributed by atoms with van der Waals surface area (Å²) in [4.78, 5) is 18.4. The maximum atomic E-state index is 7.65. The van der Waals surface area contributed by atoms with E-state index in [1.54, 1.807) is 0 Å². The number of fused-ring (bicyclic) bond motifs is 5. The molecule has 7 aromatic carbocycles. The molecule has 4 heteroatoms. The Kier molecular flexibility index (Phi) is 8.42. The van der Waals surface area contributed by atoms with Crippen molar-refractivity contribution in [2.75, 3.05) is 0 Å². The molecule has 4 nitrogen and oxygen atoms in total. The largest absolute Gasteiger partial charge is 0.238 e. The number of benzene rings is 7. The Morgan fingerprint density at radius 1 is 0.375 bits per heavy atom. The van der Waals surface area contributed by atoms with E-state index >= 15 is 0 Å². The van der Waals surface area contributed by atoms with E-state index in [1.807, 2.05) is 66.7 Å². The Balaban J connectivity index is 0.961. The molecule has 0 aliphatic heterocycles. The van der Waals surface area contributed by atoms with E-state index in [1.165, 1.54) is 76.6 Å². The zero-order valence-corrected chi connectivity index (χ0v) is 31.0. The van der Waals surface area contributed by atoms with Crippen LogP contribution in [0.25, 0.3) is 83.5 Å². The molecule has 1 aromatic heterocycles. The first kappa shape index (κ1) is 33.6. The van der Waals surface area contributed by atoms with Crippen molar-refractivity contribution in [2.45, 2.75) is 37.5 Å². The number of hydrogen-bond acceptors (Lipinski definition) is 3. The lowest BCUT2D eigenvalue weighted by Crippen LogP contribution is -2.28. The predicted molar refractivity (Wildman–Crippen MR) is 228 cm³/mol. The normalized spacial score (nSPS) is 13.8. The van der Waals surface area contributed by atoms with Crippen LogP contribution < -0.4 is 0 Å². The maximum Gasteiger partial charge on any atom is 0.187 e. The van der Waals surface area contributed by atoms with Crippen LogP contribution in [0.2, 0.25) is 0 Å². The molecule has 1 heterocycles. The van der Waals surface area contributed by atoms with Crippen molar-refractivity contribution < 1.29 is 0 Å². The van der Waals surface area contributed by atoms with Crippen LogP contribution in [0, 0.1) is 6.57 Å². The summed E-state index contributed by atoms with van der Waals surface area (Å²) in [5, 5.41) is 0. The van der Waals surface area contributed by atoms with Crippen LogP contribution in [0.15, 0.2) is 170 Å². The summed E-state index contributed by atoms with van der Waals surface area (Å²) in [6.07, 6.45) is 6.11. The predicted octanol–water partition coefficient (Wildman–Crippen LogP) is 13.7. The molecule has 0 saturated heterocycles. The molecule has 2 aliphatic rings. The first-order valence-corrected chi connectivity index (χ1v) is 19.5. The first-order chi connectivity index (χ1) is 27.6. The monoisotopic (exact) mass is 718 g/mol.